The van der Waals surface area contributed by atoms with Crippen LogP contribution in [0, 0.1) is 19.8 Å². The van der Waals surface area contributed by atoms with Crippen molar-refractivity contribution >= 4 is 27.3 Å². The third-order valence-electron chi connectivity index (χ3n) is 4.52. The molecule has 2 aromatic rings. The van der Waals surface area contributed by atoms with E-state index in [0.29, 0.717) is 29.4 Å². The average molecular weight is 394 g/mol. The lowest BCUT2D eigenvalue weighted by molar-refractivity contribution is 0.0945. The molecule has 1 aromatic carbocycles. The lowest BCUT2D eigenvalue weighted by atomic mass is 10.00. The van der Waals surface area contributed by atoms with Crippen LogP contribution in [0.4, 0.5) is 0 Å². The minimum absolute atomic E-state index is 0.112. The number of carbonyl (C=O) groups is 1. The Labute approximate surface area is 158 Å². The van der Waals surface area contributed by atoms with Gasteiger partial charge in [-0.3, -0.25) is 4.79 Å². The van der Waals surface area contributed by atoms with Crippen LogP contribution in [0.25, 0.3) is 0 Å². The molecule has 3 rings (SSSR count). The first-order chi connectivity index (χ1) is 12.4. The van der Waals surface area contributed by atoms with E-state index in [0.717, 1.165) is 23.5 Å². The van der Waals surface area contributed by atoms with E-state index in [2.05, 4.69) is 10.3 Å². The topological polar surface area (TPSA) is 79.4 Å². The summed E-state index contributed by atoms with van der Waals surface area (Å²) in [5.74, 6) is -0.0170. The maximum absolute atomic E-state index is 12.8. The molecule has 0 saturated carbocycles. The largest absolute Gasteiger partial charge is 0.351 e. The Morgan fingerprint density at radius 2 is 2.04 bits per heavy atom. The monoisotopic (exact) mass is 393 g/mol. The number of thiazole rings is 1. The zero-order chi connectivity index (χ0) is 18.7. The summed E-state index contributed by atoms with van der Waals surface area (Å²) in [6, 6.07) is 8.50. The van der Waals surface area contributed by atoms with Crippen LogP contribution in [0.5, 0.6) is 0 Å². The van der Waals surface area contributed by atoms with Crippen molar-refractivity contribution in [2.24, 2.45) is 5.92 Å². The van der Waals surface area contributed by atoms with Gasteiger partial charge in [0.1, 0.15) is 4.88 Å². The predicted molar refractivity (Wildman–Crippen MR) is 102 cm³/mol. The van der Waals surface area contributed by atoms with Crippen molar-refractivity contribution in [1.82, 2.24) is 14.6 Å². The zero-order valence-electron chi connectivity index (χ0n) is 14.9. The smallest absolute Gasteiger partial charge is 0.263 e. The Bertz CT molecular complexity index is 878. The number of nitrogens with zero attached hydrogens (tertiary/aromatic N) is 2. The van der Waals surface area contributed by atoms with Gasteiger partial charge in [0, 0.05) is 19.6 Å². The van der Waals surface area contributed by atoms with Crippen molar-refractivity contribution in [3.05, 3.63) is 45.9 Å². The number of aromatic nitrogens is 1. The number of rotatable bonds is 5. The molecular weight excluding hydrogens is 370 g/mol. The molecule has 140 valence electrons. The normalized spacial score (nSPS) is 18.6. The first kappa shape index (κ1) is 19.0. The summed E-state index contributed by atoms with van der Waals surface area (Å²) in [4.78, 5) is 17.6. The number of benzene rings is 1. The van der Waals surface area contributed by atoms with Gasteiger partial charge in [0.2, 0.25) is 10.0 Å². The fourth-order valence-electron chi connectivity index (χ4n) is 3.21. The number of aryl methyl sites for hydroxylation is 2. The van der Waals surface area contributed by atoms with E-state index in [4.69, 9.17) is 0 Å². The molecule has 2 heterocycles. The quantitative estimate of drug-likeness (QED) is 0.847. The second kappa shape index (κ2) is 7.85. The van der Waals surface area contributed by atoms with E-state index in [1.807, 2.05) is 13.8 Å². The SMILES string of the molecule is Cc1nc(C)c(C(=O)NCC2CCCN(S(=O)(=O)c3ccccc3)C2)s1. The van der Waals surface area contributed by atoms with Crippen LogP contribution in [0.2, 0.25) is 0 Å². The highest BCUT2D eigenvalue weighted by atomic mass is 32.2. The van der Waals surface area contributed by atoms with E-state index in [-0.39, 0.29) is 11.8 Å². The Hall–Kier alpha value is -1.77. The first-order valence-electron chi connectivity index (χ1n) is 8.65. The molecular formula is C18H23N3O3S2. The molecule has 1 aromatic heterocycles. The molecule has 6 nitrogen and oxygen atoms in total. The highest BCUT2D eigenvalue weighted by Crippen LogP contribution is 2.23. The predicted octanol–water partition coefficient (Wildman–Crippen LogP) is 2.59. The van der Waals surface area contributed by atoms with E-state index in [1.54, 1.807) is 30.3 Å². The average Bonchev–Trinajstić information content (AvgIpc) is 2.99. The molecule has 1 aliphatic heterocycles. The first-order valence-corrected chi connectivity index (χ1v) is 10.9. The summed E-state index contributed by atoms with van der Waals surface area (Å²) in [6.07, 6.45) is 1.70. The Morgan fingerprint density at radius 3 is 2.69 bits per heavy atom. The van der Waals surface area contributed by atoms with E-state index in [9.17, 15) is 13.2 Å². The number of hydrogen-bond acceptors (Lipinski definition) is 5. The Kier molecular flexibility index (Phi) is 5.74. The van der Waals surface area contributed by atoms with Crippen molar-refractivity contribution < 1.29 is 13.2 Å². The van der Waals surface area contributed by atoms with Crippen LogP contribution in [0.1, 0.15) is 33.2 Å². The van der Waals surface area contributed by atoms with E-state index in [1.165, 1.54) is 15.6 Å². The summed E-state index contributed by atoms with van der Waals surface area (Å²) >= 11 is 1.38. The Balaban J connectivity index is 1.62. The standard InChI is InChI=1S/C18H23N3O3S2/c1-13-17(25-14(2)20-13)18(22)19-11-15-7-6-10-21(12-15)26(23,24)16-8-4-3-5-9-16/h3-5,8-9,15H,6-7,10-12H2,1-2H3,(H,19,22). The van der Waals surface area contributed by atoms with Gasteiger partial charge in [0.15, 0.2) is 0 Å². The second-order valence-electron chi connectivity index (χ2n) is 6.54. The van der Waals surface area contributed by atoms with Gasteiger partial charge in [-0.1, -0.05) is 18.2 Å². The lowest BCUT2D eigenvalue weighted by Crippen LogP contribution is -2.43. The molecule has 1 N–H and O–H groups in total. The number of sulfonamides is 1. The molecule has 1 atom stereocenters. The molecule has 26 heavy (non-hydrogen) atoms. The third kappa shape index (κ3) is 4.13. The molecule has 1 amide bonds. The molecule has 1 fully saturated rings. The van der Waals surface area contributed by atoms with Crippen LogP contribution in [0.3, 0.4) is 0 Å². The summed E-state index contributed by atoms with van der Waals surface area (Å²) in [5, 5.41) is 3.81. The molecule has 0 radical (unpaired) electrons. The van der Waals surface area contributed by atoms with Crippen molar-refractivity contribution in [3.8, 4) is 0 Å². The van der Waals surface area contributed by atoms with Crippen molar-refractivity contribution in [3.63, 3.8) is 0 Å². The summed E-state index contributed by atoms with van der Waals surface area (Å²) < 4.78 is 27.1. The van der Waals surface area contributed by atoms with Crippen molar-refractivity contribution in [1.29, 1.82) is 0 Å². The Morgan fingerprint density at radius 1 is 1.31 bits per heavy atom. The lowest BCUT2D eigenvalue weighted by Gasteiger charge is -2.32. The second-order valence-corrected chi connectivity index (χ2v) is 9.68. The molecule has 0 aliphatic carbocycles. The summed E-state index contributed by atoms with van der Waals surface area (Å²) in [5.41, 5.74) is 0.738. The van der Waals surface area contributed by atoms with Crippen LogP contribution >= 0.6 is 11.3 Å². The third-order valence-corrected chi connectivity index (χ3v) is 7.47. The van der Waals surface area contributed by atoms with Gasteiger partial charge < -0.3 is 5.32 Å². The van der Waals surface area contributed by atoms with Crippen molar-refractivity contribution in [2.45, 2.75) is 31.6 Å². The summed E-state index contributed by atoms with van der Waals surface area (Å²) in [6.45, 7) is 5.12. The van der Waals surface area contributed by atoms with Gasteiger partial charge in [-0.05, 0) is 44.7 Å². The van der Waals surface area contributed by atoms with Crippen molar-refractivity contribution in [2.75, 3.05) is 19.6 Å². The van der Waals surface area contributed by atoms with E-state index >= 15 is 0 Å². The number of hydrogen-bond donors (Lipinski definition) is 1. The van der Waals surface area contributed by atoms with Crippen LogP contribution < -0.4 is 5.32 Å². The van der Waals surface area contributed by atoms with E-state index < -0.39 is 10.0 Å². The van der Waals surface area contributed by atoms with Gasteiger partial charge in [-0.2, -0.15) is 4.31 Å². The zero-order valence-corrected chi connectivity index (χ0v) is 16.6. The minimum atomic E-state index is -3.48. The molecule has 1 unspecified atom stereocenters. The number of piperidine rings is 1. The molecule has 0 spiro atoms. The van der Waals surface area contributed by atoms with Gasteiger partial charge in [0.25, 0.3) is 5.91 Å². The maximum atomic E-state index is 12.8. The minimum Gasteiger partial charge on any atom is -0.351 e. The maximum Gasteiger partial charge on any atom is 0.263 e. The fourth-order valence-corrected chi connectivity index (χ4v) is 5.62. The fraction of sp³-hybridized carbons (Fsp3) is 0.444. The van der Waals surface area contributed by atoms with Gasteiger partial charge in [-0.15, -0.1) is 11.3 Å². The molecule has 1 saturated heterocycles. The van der Waals surface area contributed by atoms with Gasteiger partial charge >= 0.3 is 0 Å². The number of amides is 1. The number of nitrogens with one attached hydrogen (secondary N) is 1. The molecule has 0 bridgehead atoms. The molecule has 8 heteroatoms. The van der Waals surface area contributed by atoms with Crippen LogP contribution in [-0.2, 0) is 10.0 Å². The number of carbonyl (C=O) groups excluding carboxylic acids is 1. The van der Waals surface area contributed by atoms with Gasteiger partial charge in [0.05, 0.1) is 15.6 Å². The summed E-state index contributed by atoms with van der Waals surface area (Å²) in [7, 11) is -3.48. The van der Waals surface area contributed by atoms with Crippen LogP contribution in [-0.4, -0.2) is 43.2 Å². The van der Waals surface area contributed by atoms with Crippen LogP contribution in [0.15, 0.2) is 35.2 Å². The highest BCUT2D eigenvalue weighted by Gasteiger charge is 2.30. The molecule has 1 aliphatic rings. The highest BCUT2D eigenvalue weighted by molar-refractivity contribution is 7.89. The van der Waals surface area contributed by atoms with Gasteiger partial charge in [-0.25, -0.2) is 13.4 Å².